The summed E-state index contributed by atoms with van der Waals surface area (Å²) in [5, 5.41) is 3.04. The lowest BCUT2D eigenvalue weighted by Crippen LogP contribution is -2.40. The zero-order valence-electron chi connectivity index (χ0n) is 19.6. The molecule has 3 heterocycles. The molecule has 1 saturated carbocycles. The zero-order chi connectivity index (χ0) is 23.8. The van der Waals surface area contributed by atoms with Crippen LogP contribution in [0.15, 0.2) is 73.2 Å². The fourth-order valence-corrected chi connectivity index (χ4v) is 5.76. The molecule has 8 nitrogen and oxygen atoms in total. The van der Waals surface area contributed by atoms with Crippen LogP contribution in [0.1, 0.15) is 24.7 Å². The van der Waals surface area contributed by atoms with Gasteiger partial charge in [0.1, 0.15) is 11.9 Å². The second kappa shape index (κ2) is 9.02. The molecule has 2 amide bonds. The predicted molar refractivity (Wildman–Crippen MR) is 133 cm³/mol. The van der Waals surface area contributed by atoms with Crippen LogP contribution in [0.3, 0.4) is 0 Å². The van der Waals surface area contributed by atoms with Crippen molar-refractivity contribution in [3.63, 3.8) is 0 Å². The third kappa shape index (κ3) is 4.20. The highest BCUT2D eigenvalue weighted by Crippen LogP contribution is 2.44. The van der Waals surface area contributed by atoms with Crippen LogP contribution < -0.4 is 10.1 Å². The lowest BCUT2D eigenvalue weighted by molar-refractivity contribution is 0.0519. The normalized spacial score (nSPS) is 23.7. The highest BCUT2D eigenvalue weighted by Gasteiger charge is 2.45. The molecule has 4 atom stereocenters. The Bertz CT molecular complexity index is 1330. The summed E-state index contributed by atoms with van der Waals surface area (Å²) >= 11 is 0. The van der Waals surface area contributed by atoms with Crippen LogP contribution in [0.25, 0.3) is 11.0 Å². The molecule has 1 aliphatic carbocycles. The molecule has 0 unspecified atom stereocenters. The number of carbonyl (C=O) groups excluding carboxylic acids is 1. The minimum Gasteiger partial charge on any atom is -0.471 e. The monoisotopic (exact) mass is 468 g/mol. The van der Waals surface area contributed by atoms with Gasteiger partial charge in [0.2, 0.25) is 5.88 Å². The molecule has 2 fully saturated rings. The van der Waals surface area contributed by atoms with E-state index < -0.39 is 0 Å². The molecule has 2 aromatic heterocycles. The smallest absolute Gasteiger partial charge is 0.321 e. The first kappa shape index (κ1) is 21.6. The third-order valence-corrected chi connectivity index (χ3v) is 7.31. The first-order chi connectivity index (χ1) is 17.2. The molecule has 178 valence electrons. The Labute approximate surface area is 204 Å². The number of carbonyl (C=O) groups is 1. The number of nitrogens with zero attached hydrogens (tertiary/aromatic N) is 5. The Morgan fingerprint density at radius 1 is 1.00 bits per heavy atom. The van der Waals surface area contributed by atoms with Gasteiger partial charge in [-0.15, -0.1) is 0 Å². The Balaban J connectivity index is 1.28. The van der Waals surface area contributed by atoms with Gasteiger partial charge in [-0.2, -0.15) is 0 Å². The second-order valence-electron chi connectivity index (χ2n) is 9.48. The number of hydrogen-bond donors (Lipinski definition) is 1. The fraction of sp³-hybridized carbons (Fsp3) is 0.333. The lowest BCUT2D eigenvalue weighted by atomic mass is 9.77. The Hall–Kier alpha value is -3.94. The van der Waals surface area contributed by atoms with Gasteiger partial charge in [0.05, 0.1) is 23.3 Å². The van der Waals surface area contributed by atoms with Crippen LogP contribution in [0.4, 0.5) is 10.5 Å². The first-order valence-corrected chi connectivity index (χ1v) is 12.1. The standard InChI is InChI=1S/C27H28N6O2/c1-18-30-22-9-5-6-10-23(22)33(18)24-13-19-16-32(27(34)31-21-7-3-2-4-8-21)17-20(19)14-25(24)35-26-15-28-11-12-29-26/h2-12,15,19-20,24-25H,13-14,16-17H2,1H3,(H,31,34)/t19-,20+,24-,25-/m0/s1. The minimum atomic E-state index is -0.0959. The largest absolute Gasteiger partial charge is 0.471 e. The Morgan fingerprint density at radius 2 is 1.77 bits per heavy atom. The first-order valence-electron chi connectivity index (χ1n) is 12.1. The van der Waals surface area contributed by atoms with Gasteiger partial charge in [-0.1, -0.05) is 30.3 Å². The van der Waals surface area contributed by atoms with Crippen molar-refractivity contribution >= 4 is 22.8 Å². The van der Waals surface area contributed by atoms with Crippen molar-refractivity contribution < 1.29 is 9.53 Å². The summed E-state index contributed by atoms with van der Waals surface area (Å²) in [6.07, 6.45) is 6.62. The van der Waals surface area contributed by atoms with E-state index in [1.165, 1.54) is 0 Å². The summed E-state index contributed by atoms with van der Waals surface area (Å²) in [5.74, 6) is 2.26. The number of benzene rings is 2. The number of aryl methyl sites for hydroxylation is 1. The van der Waals surface area contributed by atoms with Crippen LogP contribution in [0.2, 0.25) is 0 Å². The Kier molecular flexibility index (Phi) is 5.56. The maximum absolute atomic E-state index is 13.0. The van der Waals surface area contributed by atoms with E-state index in [4.69, 9.17) is 9.72 Å². The van der Waals surface area contributed by atoms with Gasteiger partial charge in [0.15, 0.2) is 0 Å². The van der Waals surface area contributed by atoms with E-state index in [-0.39, 0.29) is 18.2 Å². The van der Waals surface area contributed by atoms with Crippen LogP contribution in [0, 0.1) is 18.8 Å². The zero-order valence-corrected chi connectivity index (χ0v) is 19.6. The molecule has 6 rings (SSSR count). The van der Waals surface area contributed by atoms with E-state index in [9.17, 15) is 4.79 Å². The van der Waals surface area contributed by atoms with Gasteiger partial charge in [0.25, 0.3) is 0 Å². The molecule has 0 bridgehead atoms. The summed E-state index contributed by atoms with van der Waals surface area (Å²) in [7, 11) is 0. The van der Waals surface area contributed by atoms with E-state index >= 15 is 0 Å². The van der Waals surface area contributed by atoms with E-state index in [0.717, 1.165) is 48.5 Å². The predicted octanol–water partition coefficient (Wildman–Crippen LogP) is 4.70. The van der Waals surface area contributed by atoms with Crippen LogP contribution in [0.5, 0.6) is 5.88 Å². The van der Waals surface area contributed by atoms with Gasteiger partial charge in [-0.25, -0.2) is 14.8 Å². The summed E-state index contributed by atoms with van der Waals surface area (Å²) in [5.41, 5.74) is 2.91. The topological polar surface area (TPSA) is 85.2 Å². The van der Waals surface area contributed by atoms with Gasteiger partial charge in [-0.3, -0.25) is 4.98 Å². The molecule has 0 radical (unpaired) electrons. The summed E-state index contributed by atoms with van der Waals surface area (Å²) in [6.45, 7) is 3.52. The SMILES string of the molecule is Cc1nc2ccccc2n1[C@H]1C[C@H]2CN(C(=O)Nc3ccccc3)C[C@H]2C[C@@H]1Oc1cnccn1. The molecule has 1 saturated heterocycles. The van der Waals surface area contributed by atoms with Crippen LogP contribution in [-0.2, 0) is 0 Å². The molecule has 1 N–H and O–H groups in total. The molecule has 8 heteroatoms. The highest BCUT2D eigenvalue weighted by molar-refractivity contribution is 5.89. The number of amides is 2. The number of nitrogens with one attached hydrogen (secondary N) is 1. The second-order valence-corrected chi connectivity index (χ2v) is 9.48. The van der Waals surface area contributed by atoms with Crippen molar-refractivity contribution in [1.82, 2.24) is 24.4 Å². The van der Waals surface area contributed by atoms with Crippen LogP contribution >= 0.6 is 0 Å². The third-order valence-electron chi connectivity index (χ3n) is 7.31. The maximum Gasteiger partial charge on any atom is 0.321 e. The summed E-state index contributed by atoms with van der Waals surface area (Å²) in [4.78, 5) is 28.3. The number of ether oxygens (including phenoxy) is 1. The van der Waals surface area contributed by atoms with Gasteiger partial charge in [0, 0.05) is 31.2 Å². The number of anilines is 1. The van der Waals surface area contributed by atoms with E-state index in [0.29, 0.717) is 17.7 Å². The molecule has 35 heavy (non-hydrogen) atoms. The molecular weight excluding hydrogens is 440 g/mol. The van der Waals surface area contributed by atoms with E-state index in [2.05, 4.69) is 38.9 Å². The van der Waals surface area contributed by atoms with Crippen LogP contribution in [-0.4, -0.2) is 49.6 Å². The van der Waals surface area contributed by atoms with Gasteiger partial charge >= 0.3 is 6.03 Å². The van der Waals surface area contributed by atoms with Crippen molar-refractivity contribution in [2.24, 2.45) is 11.8 Å². The molecule has 4 aromatic rings. The number of aromatic nitrogens is 4. The van der Waals surface area contributed by atoms with Crippen molar-refractivity contribution in [1.29, 1.82) is 0 Å². The van der Waals surface area contributed by atoms with E-state index in [1.54, 1.807) is 18.6 Å². The average Bonchev–Trinajstić information content (AvgIpc) is 3.44. The minimum absolute atomic E-state index is 0.0437. The number of para-hydroxylation sites is 3. The lowest BCUT2D eigenvalue weighted by Gasteiger charge is -2.39. The molecule has 1 aliphatic heterocycles. The summed E-state index contributed by atoms with van der Waals surface area (Å²) < 4.78 is 8.77. The number of likely N-dealkylation sites (tertiary alicyclic amines) is 1. The van der Waals surface area contributed by atoms with Crippen molar-refractivity contribution in [3.8, 4) is 5.88 Å². The maximum atomic E-state index is 13.0. The number of hydrogen-bond acceptors (Lipinski definition) is 5. The number of fused-ring (bicyclic) bond motifs is 2. The fourth-order valence-electron chi connectivity index (χ4n) is 5.76. The number of rotatable bonds is 4. The van der Waals surface area contributed by atoms with Crippen molar-refractivity contribution in [3.05, 3.63) is 79.0 Å². The molecule has 2 aliphatic rings. The average molecular weight is 469 g/mol. The van der Waals surface area contributed by atoms with Crippen molar-refractivity contribution in [2.75, 3.05) is 18.4 Å². The molecule has 0 spiro atoms. The number of imidazole rings is 1. The van der Waals surface area contributed by atoms with Gasteiger partial charge < -0.3 is 19.5 Å². The number of urea groups is 1. The Morgan fingerprint density at radius 3 is 2.57 bits per heavy atom. The molecule has 2 aromatic carbocycles. The van der Waals surface area contributed by atoms with E-state index in [1.807, 2.05) is 47.4 Å². The quantitative estimate of drug-likeness (QED) is 0.469. The summed E-state index contributed by atoms with van der Waals surface area (Å²) in [6, 6.07) is 17.9. The van der Waals surface area contributed by atoms with Gasteiger partial charge in [-0.05, 0) is 55.9 Å². The van der Waals surface area contributed by atoms with Crippen molar-refractivity contribution in [2.45, 2.75) is 31.9 Å². The molecular formula is C27H28N6O2. The highest BCUT2D eigenvalue weighted by atomic mass is 16.5.